The summed E-state index contributed by atoms with van der Waals surface area (Å²) >= 11 is 0. The molecular formula is C13H8F16O2. The molecule has 18 heteroatoms. The molecule has 0 rings (SSSR count). The topological polar surface area (TPSA) is 26.3 Å². The maximum Gasteiger partial charge on any atom is 0.460 e. The lowest BCUT2D eigenvalue weighted by atomic mass is 9.88. The second-order valence-electron chi connectivity index (χ2n) is 5.65. The van der Waals surface area contributed by atoms with Crippen molar-refractivity contribution in [3.63, 3.8) is 0 Å². The van der Waals surface area contributed by atoms with Gasteiger partial charge in [-0.2, -0.15) is 70.2 Å². The Bertz CT molecular complexity index is 694. The number of carbonyl (C=O) groups is 1. The van der Waals surface area contributed by atoms with Crippen LogP contribution in [0.2, 0.25) is 0 Å². The van der Waals surface area contributed by atoms with E-state index in [0.29, 0.717) is 0 Å². The van der Waals surface area contributed by atoms with Gasteiger partial charge in [-0.15, -0.1) is 0 Å². The molecule has 1 atom stereocenters. The second kappa shape index (κ2) is 7.60. The highest BCUT2D eigenvalue weighted by Crippen LogP contribution is 2.64. The summed E-state index contributed by atoms with van der Waals surface area (Å²) < 4.78 is 213. The third-order valence-electron chi connectivity index (χ3n) is 3.68. The largest absolute Gasteiger partial charge is 0.460 e. The van der Waals surface area contributed by atoms with Crippen LogP contribution < -0.4 is 0 Å². The fourth-order valence-corrected chi connectivity index (χ4v) is 1.76. The van der Waals surface area contributed by atoms with Gasteiger partial charge in [0, 0.05) is 12.5 Å². The SMILES string of the molecule is C=CC(=O)OC(F)(CC)C(F)(F)C(F)(F)C(F)(F)C(F)(F)C(F)(F)C(F)(F)C(F)(F)F. The molecular weight excluding hydrogens is 492 g/mol. The monoisotopic (exact) mass is 500 g/mol. The molecule has 0 amide bonds. The Morgan fingerprint density at radius 3 is 1.19 bits per heavy atom. The van der Waals surface area contributed by atoms with E-state index in [1.807, 2.05) is 0 Å². The summed E-state index contributed by atoms with van der Waals surface area (Å²) in [5, 5.41) is 0. The third-order valence-corrected chi connectivity index (χ3v) is 3.68. The van der Waals surface area contributed by atoms with Gasteiger partial charge in [0.15, 0.2) is 0 Å². The highest BCUT2D eigenvalue weighted by Gasteiger charge is 2.95. The molecule has 0 aliphatic heterocycles. The predicted octanol–water partition coefficient (Wildman–Crippen LogP) is 6.17. The minimum atomic E-state index is -8.57. The van der Waals surface area contributed by atoms with Crippen molar-refractivity contribution in [1.29, 1.82) is 0 Å². The highest BCUT2D eigenvalue weighted by atomic mass is 19.4. The molecule has 0 fully saturated rings. The van der Waals surface area contributed by atoms with E-state index in [0.717, 1.165) is 0 Å². The summed E-state index contributed by atoms with van der Waals surface area (Å²) in [5.74, 6) is -57.2. The Morgan fingerprint density at radius 2 is 0.935 bits per heavy atom. The minimum absolute atomic E-state index is 0.0725. The summed E-state index contributed by atoms with van der Waals surface area (Å²) in [7, 11) is 0. The molecule has 0 aliphatic rings. The van der Waals surface area contributed by atoms with Crippen LogP contribution in [0.4, 0.5) is 70.2 Å². The Balaban J connectivity index is 6.81. The summed E-state index contributed by atoms with van der Waals surface area (Å²) in [5.41, 5.74) is 0. The lowest BCUT2D eigenvalue weighted by Crippen LogP contribution is -2.75. The van der Waals surface area contributed by atoms with E-state index < -0.39 is 60.0 Å². The first-order chi connectivity index (χ1) is 13.3. The number of halogens is 16. The van der Waals surface area contributed by atoms with Crippen LogP contribution in [0.3, 0.4) is 0 Å². The van der Waals surface area contributed by atoms with Crippen LogP contribution in [0.1, 0.15) is 13.3 Å². The Kier molecular flexibility index (Phi) is 7.13. The molecule has 2 nitrogen and oxygen atoms in total. The van der Waals surface area contributed by atoms with Crippen molar-refractivity contribution in [2.45, 2.75) is 60.9 Å². The standard InChI is InChI=1S/C13H8F16O2/c1-3-5(30)31-6(14,4-2)7(15,16)8(17,18)9(19,20)10(21,22)11(23,24)12(25,26)13(27,28)29/h3H,1,4H2,2H3. The van der Waals surface area contributed by atoms with E-state index in [1.165, 1.54) is 0 Å². The van der Waals surface area contributed by atoms with Gasteiger partial charge in [0.05, 0.1) is 0 Å². The van der Waals surface area contributed by atoms with E-state index in [9.17, 15) is 75.0 Å². The lowest BCUT2D eigenvalue weighted by molar-refractivity contribution is -0.464. The van der Waals surface area contributed by atoms with Gasteiger partial charge in [-0.1, -0.05) is 13.5 Å². The molecule has 0 bridgehead atoms. The molecule has 31 heavy (non-hydrogen) atoms. The number of hydrogen-bond donors (Lipinski definition) is 0. The first-order valence-corrected chi connectivity index (χ1v) is 7.14. The Hall–Kier alpha value is -1.91. The lowest BCUT2D eigenvalue weighted by Gasteiger charge is -2.43. The number of hydrogen-bond acceptors (Lipinski definition) is 2. The molecule has 0 radical (unpaired) electrons. The predicted molar refractivity (Wildman–Crippen MR) is 66.2 cm³/mol. The fraction of sp³-hybridized carbons (Fsp3) is 0.769. The smallest absolute Gasteiger partial charge is 0.418 e. The van der Waals surface area contributed by atoms with Crippen molar-refractivity contribution in [3.8, 4) is 0 Å². The molecule has 0 spiro atoms. The van der Waals surface area contributed by atoms with Gasteiger partial charge in [0.1, 0.15) is 0 Å². The van der Waals surface area contributed by atoms with Crippen LogP contribution in [0.25, 0.3) is 0 Å². The van der Waals surface area contributed by atoms with Crippen LogP contribution in [0, 0.1) is 0 Å². The fourth-order valence-electron chi connectivity index (χ4n) is 1.76. The quantitative estimate of drug-likeness (QED) is 0.215. The highest BCUT2D eigenvalue weighted by molar-refractivity contribution is 5.81. The zero-order valence-corrected chi connectivity index (χ0v) is 14.4. The van der Waals surface area contributed by atoms with Crippen molar-refractivity contribution in [1.82, 2.24) is 0 Å². The van der Waals surface area contributed by atoms with Crippen molar-refractivity contribution in [2.75, 3.05) is 0 Å². The zero-order chi connectivity index (χ0) is 25.7. The molecule has 0 aromatic carbocycles. The van der Waals surface area contributed by atoms with Gasteiger partial charge in [-0.05, 0) is 0 Å². The van der Waals surface area contributed by atoms with Crippen molar-refractivity contribution < 1.29 is 79.8 Å². The van der Waals surface area contributed by atoms with Crippen molar-refractivity contribution in [2.24, 2.45) is 0 Å². The number of ether oxygens (including phenoxy) is 1. The van der Waals surface area contributed by atoms with E-state index in [4.69, 9.17) is 0 Å². The molecule has 0 aliphatic carbocycles. The first-order valence-electron chi connectivity index (χ1n) is 7.14. The number of carbonyl (C=O) groups excluding carboxylic acids is 1. The van der Waals surface area contributed by atoms with Crippen LogP contribution >= 0.6 is 0 Å². The third kappa shape index (κ3) is 3.78. The number of rotatable bonds is 9. The average molecular weight is 500 g/mol. The van der Waals surface area contributed by atoms with Gasteiger partial charge in [0.25, 0.3) is 0 Å². The van der Waals surface area contributed by atoms with Crippen LogP contribution in [-0.2, 0) is 9.53 Å². The van der Waals surface area contributed by atoms with Gasteiger partial charge >= 0.3 is 53.5 Å². The average Bonchev–Trinajstić information content (AvgIpc) is 2.59. The molecule has 0 N–H and O–H groups in total. The van der Waals surface area contributed by atoms with Crippen molar-refractivity contribution in [3.05, 3.63) is 12.7 Å². The summed E-state index contributed by atoms with van der Waals surface area (Å²) in [6, 6.07) is 0. The van der Waals surface area contributed by atoms with E-state index >= 15 is 0 Å². The molecule has 0 saturated carbocycles. The van der Waals surface area contributed by atoms with Crippen LogP contribution in [0.15, 0.2) is 12.7 Å². The van der Waals surface area contributed by atoms with Crippen molar-refractivity contribution >= 4 is 5.97 Å². The Labute approximate surface area is 160 Å². The summed E-state index contributed by atoms with van der Waals surface area (Å²) in [6.45, 7) is 2.54. The molecule has 1 unspecified atom stereocenters. The number of alkyl halides is 16. The van der Waals surface area contributed by atoms with E-state index in [1.54, 1.807) is 0 Å². The first kappa shape index (κ1) is 29.1. The normalized spacial score (nSPS) is 17.2. The summed E-state index contributed by atoms with van der Waals surface area (Å²) in [6.07, 6.45) is -10.2. The molecule has 0 aromatic heterocycles. The maximum absolute atomic E-state index is 14.1. The molecule has 0 saturated heterocycles. The molecule has 0 aromatic rings. The van der Waals surface area contributed by atoms with Crippen LogP contribution in [0.5, 0.6) is 0 Å². The summed E-state index contributed by atoms with van der Waals surface area (Å²) in [4.78, 5) is 10.8. The van der Waals surface area contributed by atoms with Gasteiger partial charge in [0.2, 0.25) is 0 Å². The second-order valence-corrected chi connectivity index (χ2v) is 5.65. The Morgan fingerprint density at radius 1 is 0.645 bits per heavy atom. The number of esters is 1. The van der Waals surface area contributed by atoms with Gasteiger partial charge < -0.3 is 4.74 Å². The molecule has 184 valence electrons. The maximum atomic E-state index is 14.1. The van der Waals surface area contributed by atoms with Gasteiger partial charge in [-0.3, -0.25) is 0 Å². The van der Waals surface area contributed by atoms with Crippen LogP contribution in [-0.4, -0.2) is 53.5 Å². The van der Waals surface area contributed by atoms with E-state index in [2.05, 4.69) is 11.3 Å². The van der Waals surface area contributed by atoms with Gasteiger partial charge in [-0.25, -0.2) is 4.79 Å². The molecule has 0 heterocycles. The minimum Gasteiger partial charge on any atom is -0.418 e. The van der Waals surface area contributed by atoms with E-state index in [-0.39, 0.29) is 13.0 Å². The zero-order valence-electron chi connectivity index (χ0n) is 14.4.